The van der Waals surface area contributed by atoms with Crippen molar-refractivity contribution in [1.82, 2.24) is 24.7 Å². The molecule has 0 unspecified atom stereocenters. The van der Waals surface area contributed by atoms with Gasteiger partial charge in [0.15, 0.2) is 15.7 Å². The lowest BCUT2D eigenvalue weighted by Crippen LogP contribution is -2.27. The third kappa shape index (κ3) is 5.22. The van der Waals surface area contributed by atoms with Gasteiger partial charge in [-0.3, -0.25) is 14.5 Å². The Balaban J connectivity index is 1.77. The summed E-state index contributed by atoms with van der Waals surface area (Å²) in [5.41, 5.74) is 1.98. The van der Waals surface area contributed by atoms with Crippen LogP contribution in [-0.2, 0) is 20.3 Å². The van der Waals surface area contributed by atoms with Crippen molar-refractivity contribution in [3.8, 4) is 17.2 Å². The Labute approximate surface area is 212 Å². The predicted octanol–water partition coefficient (Wildman–Crippen LogP) is 3.38. The van der Waals surface area contributed by atoms with Crippen LogP contribution in [0.5, 0.6) is 11.5 Å². The lowest BCUT2D eigenvalue weighted by atomic mass is 10.0. The number of hydrogen-bond donors (Lipinski definition) is 0. The summed E-state index contributed by atoms with van der Waals surface area (Å²) in [6, 6.07) is 5.42. The lowest BCUT2D eigenvalue weighted by molar-refractivity contribution is 0.0775. The molecule has 11 heteroatoms. The van der Waals surface area contributed by atoms with Gasteiger partial charge in [-0.15, -0.1) is 10.2 Å². The van der Waals surface area contributed by atoms with Crippen molar-refractivity contribution >= 4 is 9.84 Å². The van der Waals surface area contributed by atoms with Gasteiger partial charge in [0.05, 0.1) is 37.5 Å². The third-order valence-electron chi connectivity index (χ3n) is 6.77. The molecule has 0 saturated carbocycles. The summed E-state index contributed by atoms with van der Waals surface area (Å²) in [6.45, 7) is 6.57. The molecule has 3 heterocycles. The Morgan fingerprint density at radius 3 is 2.42 bits per heavy atom. The molecule has 0 radical (unpaired) electrons. The van der Waals surface area contributed by atoms with Crippen LogP contribution in [-0.4, -0.2) is 65.8 Å². The maximum Gasteiger partial charge on any atom is 0.160 e. The number of aromatic nitrogens is 5. The quantitative estimate of drug-likeness (QED) is 0.422. The Kier molecular flexibility index (Phi) is 7.89. The Hall–Kier alpha value is -3.05. The van der Waals surface area contributed by atoms with E-state index in [0.29, 0.717) is 47.7 Å². The molecule has 0 N–H and O–H groups in total. The highest BCUT2D eigenvalue weighted by Gasteiger charge is 2.34. The van der Waals surface area contributed by atoms with Crippen molar-refractivity contribution in [1.29, 1.82) is 0 Å². The first-order valence-corrected chi connectivity index (χ1v) is 13.7. The van der Waals surface area contributed by atoms with E-state index in [-0.39, 0.29) is 17.6 Å². The van der Waals surface area contributed by atoms with E-state index >= 15 is 0 Å². The number of rotatable bonds is 9. The smallest absolute Gasteiger partial charge is 0.160 e. The molecule has 1 aliphatic rings. The van der Waals surface area contributed by atoms with Crippen LogP contribution in [0.1, 0.15) is 61.6 Å². The molecule has 1 fully saturated rings. The molecule has 1 aromatic carbocycles. The van der Waals surface area contributed by atoms with Crippen molar-refractivity contribution in [2.45, 2.75) is 56.5 Å². The lowest BCUT2D eigenvalue weighted by Gasteiger charge is -2.24. The second-order valence-corrected chi connectivity index (χ2v) is 11.5. The second kappa shape index (κ2) is 10.9. The number of aryl methyl sites for hydroxylation is 1. The van der Waals surface area contributed by atoms with Gasteiger partial charge in [0.2, 0.25) is 0 Å². The first kappa shape index (κ1) is 26.0. The number of nitrogens with zero attached hydrogens (tertiary/aromatic N) is 5. The zero-order valence-electron chi connectivity index (χ0n) is 21.3. The van der Waals surface area contributed by atoms with Crippen LogP contribution in [0.25, 0.3) is 5.69 Å². The first-order valence-electron chi connectivity index (χ1n) is 12.0. The number of hydrogen-bond acceptors (Lipinski definition) is 9. The number of sulfone groups is 1. The van der Waals surface area contributed by atoms with Crippen LogP contribution in [0.4, 0.5) is 0 Å². The maximum absolute atomic E-state index is 13.6. The van der Waals surface area contributed by atoms with Crippen LogP contribution in [0.2, 0.25) is 0 Å². The maximum atomic E-state index is 13.6. The summed E-state index contributed by atoms with van der Waals surface area (Å²) in [5.74, 6) is 1.30. The fraction of sp³-hybridized carbons (Fsp3) is 0.520. The minimum absolute atomic E-state index is 0.0310. The molecule has 0 aliphatic carbocycles. The Morgan fingerprint density at radius 2 is 1.83 bits per heavy atom. The summed E-state index contributed by atoms with van der Waals surface area (Å²) in [7, 11) is -0.533. The van der Waals surface area contributed by atoms with Gasteiger partial charge in [0, 0.05) is 30.8 Å². The molecule has 1 aliphatic heterocycles. The fourth-order valence-electron chi connectivity index (χ4n) is 4.43. The number of para-hydroxylation sites is 1. The van der Waals surface area contributed by atoms with E-state index in [1.165, 1.54) is 0 Å². The molecular formula is C25H33N5O5S. The van der Waals surface area contributed by atoms with E-state index in [0.717, 1.165) is 18.5 Å². The first-order chi connectivity index (χ1) is 17.3. The molecular weight excluding hydrogens is 482 g/mol. The molecule has 3 aromatic rings. The largest absolute Gasteiger partial charge is 0.494 e. The second-order valence-electron chi connectivity index (χ2n) is 9.12. The van der Waals surface area contributed by atoms with Gasteiger partial charge in [-0.25, -0.2) is 8.42 Å². The molecule has 0 spiro atoms. The molecule has 0 amide bonds. The van der Waals surface area contributed by atoms with E-state index in [2.05, 4.69) is 20.2 Å². The number of ether oxygens (including phenoxy) is 3. The monoisotopic (exact) mass is 515 g/mol. The van der Waals surface area contributed by atoms with E-state index in [1.807, 2.05) is 19.9 Å². The number of methoxy groups -OCH3 is 2. The van der Waals surface area contributed by atoms with E-state index in [9.17, 15) is 8.42 Å². The standard InChI is InChI=1S/C25H33N5O5S/c1-16-12-27-20(13-26-16)17(2)18(3)36(31,32)15-23-28-29-25(19-8-7-11-35-14-19)30(23)24-21(33-4)9-6-10-22(24)34-5/h6,9-10,12-13,17-19H,7-8,11,14-15H2,1-5H3/t17-,18-,19+/m0/s1. The van der Waals surface area contributed by atoms with Gasteiger partial charge < -0.3 is 14.2 Å². The molecule has 1 saturated heterocycles. The summed E-state index contributed by atoms with van der Waals surface area (Å²) < 4.78 is 46.0. The highest BCUT2D eigenvalue weighted by Crippen LogP contribution is 2.37. The van der Waals surface area contributed by atoms with E-state index in [1.54, 1.807) is 50.2 Å². The van der Waals surface area contributed by atoms with Crippen LogP contribution in [0, 0.1) is 6.92 Å². The van der Waals surface area contributed by atoms with Crippen molar-refractivity contribution < 1.29 is 22.6 Å². The molecule has 10 nitrogen and oxygen atoms in total. The molecule has 0 bridgehead atoms. The topological polar surface area (TPSA) is 118 Å². The van der Waals surface area contributed by atoms with Crippen molar-refractivity contribution in [3.63, 3.8) is 0 Å². The van der Waals surface area contributed by atoms with Gasteiger partial charge in [-0.2, -0.15) is 0 Å². The number of benzene rings is 1. The molecule has 2 aromatic heterocycles. The summed E-state index contributed by atoms with van der Waals surface area (Å²) >= 11 is 0. The van der Waals surface area contributed by atoms with Gasteiger partial charge in [-0.05, 0) is 38.8 Å². The van der Waals surface area contributed by atoms with Gasteiger partial charge >= 0.3 is 0 Å². The zero-order chi connectivity index (χ0) is 25.9. The highest BCUT2D eigenvalue weighted by atomic mass is 32.2. The Bertz CT molecular complexity index is 1260. The summed E-state index contributed by atoms with van der Waals surface area (Å²) in [6.07, 6.45) is 5.03. The molecule has 3 atom stereocenters. The molecule has 194 valence electrons. The average molecular weight is 516 g/mol. The van der Waals surface area contributed by atoms with Gasteiger partial charge in [0.25, 0.3) is 0 Å². The predicted molar refractivity (Wildman–Crippen MR) is 135 cm³/mol. The van der Waals surface area contributed by atoms with Crippen molar-refractivity contribution in [2.24, 2.45) is 0 Å². The van der Waals surface area contributed by atoms with E-state index in [4.69, 9.17) is 14.2 Å². The van der Waals surface area contributed by atoms with Gasteiger partial charge in [0.1, 0.15) is 28.8 Å². The van der Waals surface area contributed by atoms with Crippen LogP contribution in [0.15, 0.2) is 30.6 Å². The SMILES string of the molecule is COc1cccc(OC)c1-n1c(CS(=O)(=O)[C@@H](C)[C@H](C)c2cnc(C)cn2)nnc1[C@@H]1CCCOC1. The zero-order valence-corrected chi connectivity index (χ0v) is 22.2. The van der Waals surface area contributed by atoms with Gasteiger partial charge in [-0.1, -0.05) is 13.0 Å². The van der Waals surface area contributed by atoms with Crippen molar-refractivity contribution in [3.05, 3.63) is 53.6 Å². The highest BCUT2D eigenvalue weighted by molar-refractivity contribution is 7.91. The minimum Gasteiger partial charge on any atom is -0.494 e. The van der Waals surface area contributed by atoms with Crippen LogP contribution >= 0.6 is 0 Å². The van der Waals surface area contributed by atoms with E-state index < -0.39 is 15.1 Å². The minimum atomic E-state index is -3.66. The molecule has 36 heavy (non-hydrogen) atoms. The normalized spacial score (nSPS) is 18.0. The summed E-state index contributed by atoms with van der Waals surface area (Å²) in [4.78, 5) is 8.66. The Morgan fingerprint density at radius 1 is 1.11 bits per heavy atom. The molecule has 4 rings (SSSR count). The van der Waals surface area contributed by atoms with Crippen molar-refractivity contribution in [2.75, 3.05) is 27.4 Å². The summed E-state index contributed by atoms with van der Waals surface area (Å²) in [5, 5.41) is 8.11. The van der Waals surface area contributed by atoms with Crippen LogP contribution < -0.4 is 9.47 Å². The fourth-order valence-corrected chi connectivity index (χ4v) is 6.00. The third-order valence-corrected chi connectivity index (χ3v) is 8.98. The van der Waals surface area contributed by atoms with Crippen LogP contribution in [0.3, 0.4) is 0 Å². The average Bonchev–Trinajstić information content (AvgIpc) is 3.30.